The van der Waals surface area contributed by atoms with Gasteiger partial charge in [-0.3, -0.25) is 0 Å². The zero-order valence-electron chi connectivity index (χ0n) is 19.1. The molecule has 2 aliphatic heterocycles. The first-order valence-corrected chi connectivity index (χ1v) is 10.9. The smallest absolute Gasteiger partial charge is 0.191 e. The van der Waals surface area contributed by atoms with Gasteiger partial charge in [-0.15, -0.1) is 34.2 Å². The number of aromatic nitrogens is 3. The Hall–Kier alpha value is -0.940. The molecule has 172 valence electrons. The van der Waals surface area contributed by atoms with Crippen LogP contribution in [0.5, 0.6) is 0 Å². The van der Waals surface area contributed by atoms with Gasteiger partial charge in [-0.05, 0) is 38.0 Å². The molecule has 9 heteroatoms. The standard InChI is InChI=1S/C21H38N6O2.HI/c1-15-25-26-18(27(15)5)14-24-20(23-13-17-9-7-10-28-17)22-12-16-8-6-11-29-19(16)21(2,3)4;/h16-17,19H,6-14H2,1-5H3,(H2,22,23,24);1H. The highest BCUT2D eigenvalue weighted by atomic mass is 127. The van der Waals surface area contributed by atoms with Crippen LogP contribution in [0.2, 0.25) is 0 Å². The number of aryl methyl sites for hydroxylation is 1. The highest BCUT2D eigenvalue weighted by molar-refractivity contribution is 14.0. The number of nitrogens with zero attached hydrogens (tertiary/aromatic N) is 4. The van der Waals surface area contributed by atoms with E-state index in [1.165, 1.54) is 6.42 Å². The van der Waals surface area contributed by atoms with E-state index in [2.05, 4.69) is 41.6 Å². The molecule has 2 N–H and O–H groups in total. The minimum Gasteiger partial charge on any atom is -0.377 e. The van der Waals surface area contributed by atoms with Gasteiger partial charge >= 0.3 is 0 Å². The summed E-state index contributed by atoms with van der Waals surface area (Å²) in [5.74, 6) is 3.02. The van der Waals surface area contributed by atoms with E-state index in [4.69, 9.17) is 14.5 Å². The van der Waals surface area contributed by atoms with Gasteiger partial charge in [-0.2, -0.15) is 0 Å². The number of hydrogen-bond acceptors (Lipinski definition) is 5. The first-order chi connectivity index (χ1) is 13.8. The Morgan fingerprint density at radius 3 is 2.43 bits per heavy atom. The van der Waals surface area contributed by atoms with Crippen molar-refractivity contribution < 1.29 is 9.47 Å². The topological polar surface area (TPSA) is 85.6 Å². The number of guanidine groups is 1. The number of aliphatic imine (C=N–C) groups is 1. The molecule has 2 fully saturated rings. The van der Waals surface area contributed by atoms with E-state index >= 15 is 0 Å². The van der Waals surface area contributed by atoms with Crippen molar-refractivity contribution in [2.45, 2.75) is 72.1 Å². The Morgan fingerprint density at radius 2 is 1.80 bits per heavy atom. The Bertz CT molecular complexity index is 682. The maximum Gasteiger partial charge on any atom is 0.191 e. The molecule has 0 spiro atoms. The Labute approximate surface area is 198 Å². The van der Waals surface area contributed by atoms with Crippen molar-refractivity contribution in [3.05, 3.63) is 11.6 Å². The lowest BCUT2D eigenvalue weighted by molar-refractivity contribution is -0.0835. The van der Waals surface area contributed by atoms with Crippen LogP contribution in [0.3, 0.4) is 0 Å². The Balaban J connectivity index is 0.00000320. The minimum atomic E-state index is 0. The monoisotopic (exact) mass is 534 g/mol. The second-order valence-electron chi connectivity index (χ2n) is 9.34. The van der Waals surface area contributed by atoms with E-state index in [9.17, 15) is 0 Å². The van der Waals surface area contributed by atoms with E-state index < -0.39 is 0 Å². The predicted octanol–water partition coefficient (Wildman–Crippen LogP) is 2.80. The van der Waals surface area contributed by atoms with Crippen molar-refractivity contribution >= 4 is 29.9 Å². The Morgan fingerprint density at radius 1 is 1.10 bits per heavy atom. The van der Waals surface area contributed by atoms with Crippen molar-refractivity contribution in [3.8, 4) is 0 Å². The summed E-state index contributed by atoms with van der Waals surface area (Å²) in [5.41, 5.74) is 0.130. The summed E-state index contributed by atoms with van der Waals surface area (Å²) in [6.07, 6.45) is 5.05. The highest BCUT2D eigenvalue weighted by Gasteiger charge is 2.35. The second kappa shape index (κ2) is 11.6. The lowest BCUT2D eigenvalue weighted by Gasteiger charge is -2.40. The van der Waals surface area contributed by atoms with Crippen molar-refractivity contribution in [1.29, 1.82) is 0 Å². The summed E-state index contributed by atoms with van der Waals surface area (Å²) in [6.45, 7) is 12.6. The van der Waals surface area contributed by atoms with Crippen molar-refractivity contribution in [2.24, 2.45) is 23.4 Å². The highest BCUT2D eigenvalue weighted by Crippen LogP contribution is 2.33. The molecule has 1 aromatic heterocycles. The number of rotatable bonds is 6. The van der Waals surface area contributed by atoms with E-state index in [1.807, 2.05) is 18.5 Å². The molecule has 8 nitrogen and oxygen atoms in total. The number of halogens is 1. The fourth-order valence-corrected chi connectivity index (χ4v) is 4.17. The average Bonchev–Trinajstić information content (AvgIpc) is 3.32. The summed E-state index contributed by atoms with van der Waals surface area (Å²) in [5, 5.41) is 15.4. The quantitative estimate of drug-likeness (QED) is 0.332. The first kappa shape index (κ1) is 25.3. The summed E-state index contributed by atoms with van der Waals surface area (Å²) in [7, 11) is 1.97. The SMILES string of the molecule is Cc1nnc(CN=C(NCC2CCCO2)NCC2CCCOC2C(C)(C)C)n1C.I. The molecule has 3 atom stereocenters. The van der Waals surface area contributed by atoms with Gasteiger partial charge < -0.3 is 24.7 Å². The largest absolute Gasteiger partial charge is 0.377 e. The second-order valence-corrected chi connectivity index (χ2v) is 9.34. The molecular formula is C21H39IN6O2. The molecule has 2 saturated heterocycles. The van der Waals surface area contributed by atoms with E-state index in [0.29, 0.717) is 12.5 Å². The van der Waals surface area contributed by atoms with Gasteiger partial charge in [-0.25, -0.2) is 4.99 Å². The summed E-state index contributed by atoms with van der Waals surface area (Å²) < 4.78 is 13.9. The first-order valence-electron chi connectivity index (χ1n) is 10.9. The van der Waals surface area contributed by atoms with Gasteiger partial charge in [-0.1, -0.05) is 20.8 Å². The van der Waals surface area contributed by atoms with Gasteiger partial charge in [0.2, 0.25) is 0 Å². The molecule has 0 radical (unpaired) electrons. The fraction of sp³-hybridized carbons (Fsp3) is 0.857. The van der Waals surface area contributed by atoms with Crippen molar-refractivity contribution in [1.82, 2.24) is 25.4 Å². The van der Waals surface area contributed by atoms with Crippen LogP contribution in [0.15, 0.2) is 4.99 Å². The van der Waals surface area contributed by atoms with Gasteiger partial charge in [0.05, 0.1) is 12.2 Å². The summed E-state index contributed by atoms with van der Waals surface area (Å²) >= 11 is 0. The molecule has 0 amide bonds. The average molecular weight is 534 g/mol. The van der Waals surface area contributed by atoms with Crippen molar-refractivity contribution in [2.75, 3.05) is 26.3 Å². The van der Waals surface area contributed by atoms with Crippen LogP contribution in [-0.2, 0) is 23.1 Å². The molecule has 30 heavy (non-hydrogen) atoms. The fourth-order valence-electron chi connectivity index (χ4n) is 4.17. The van der Waals surface area contributed by atoms with Gasteiger partial charge in [0.25, 0.3) is 0 Å². The van der Waals surface area contributed by atoms with Crippen LogP contribution in [0.1, 0.15) is 58.1 Å². The van der Waals surface area contributed by atoms with Gasteiger partial charge in [0.1, 0.15) is 12.4 Å². The maximum atomic E-state index is 6.13. The zero-order chi connectivity index (χ0) is 20.9. The van der Waals surface area contributed by atoms with E-state index in [-0.39, 0.29) is 41.6 Å². The molecule has 1 aromatic rings. The molecule has 3 rings (SSSR count). The van der Waals surface area contributed by atoms with Crippen LogP contribution in [-0.4, -0.2) is 59.2 Å². The summed E-state index contributed by atoms with van der Waals surface area (Å²) in [6, 6.07) is 0. The molecule has 0 aromatic carbocycles. The Kier molecular flexibility index (Phi) is 9.80. The number of nitrogens with one attached hydrogen (secondary N) is 2. The lowest BCUT2D eigenvalue weighted by atomic mass is 9.78. The molecular weight excluding hydrogens is 495 g/mol. The van der Waals surface area contributed by atoms with E-state index in [1.54, 1.807) is 0 Å². The minimum absolute atomic E-state index is 0. The predicted molar refractivity (Wildman–Crippen MR) is 129 cm³/mol. The number of hydrogen-bond donors (Lipinski definition) is 2. The third-order valence-corrected chi connectivity index (χ3v) is 5.91. The van der Waals surface area contributed by atoms with Crippen LogP contribution < -0.4 is 10.6 Å². The maximum absolute atomic E-state index is 6.13. The van der Waals surface area contributed by atoms with Crippen LogP contribution >= 0.6 is 24.0 Å². The van der Waals surface area contributed by atoms with Crippen molar-refractivity contribution in [3.63, 3.8) is 0 Å². The van der Waals surface area contributed by atoms with Gasteiger partial charge in [0, 0.05) is 39.3 Å². The van der Waals surface area contributed by atoms with Gasteiger partial charge in [0.15, 0.2) is 11.8 Å². The van der Waals surface area contributed by atoms with Crippen LogP contribution in [0.4, 0.5) is 0 Å². The van der Waals surface area contributed by atoms with E-state index in [0.717, 1.165) is 63.2 Å². The normalized spacial score (nSPS) is 25.1. The lowest BCUT2D eigenvalue weighted by Crippen LogP contribution is -2.48. The molecule has 2 aliphatic rings. The molecule has 3 unspecified atom stereocenters. The molecule has 0 saturated carbocycles. The summed E-state index contributed by atoms with van der Waals surface area (Å²) in [4.78, 5) is 4.78. The van der Waals surface area contributed by atoms with Crippen LogP contribution in [0, 0.1) is 18.3 Å². The molecule has 0 bridgehead atoms. The zero-order valence-corrected chi connectivity index (χ0v) is 21.4. The number of ether oxygens (including phenoxy) is 2. The molecule has 3 heterocycles. The van der Waals surface area contributed by atoms with Crippen LogP contribution in [0.25, 0.3) is 0 Å². The third-order valence-electron chi connectivity index (χ3n) is 5.91. The third kappa shape index (κ3) is 7.05. The molecule has 0 aliphatic carbocycles.